The zero-order valence-electron chi connectivity index (χ0n) is 9.96. The number of halogens is 1. The van der Waals surface area contributed by atoms with Gasteiger partial charge in [0.15, 0.2) is 0 Å². The van der Waals surface area contributed by atoms with Crippen molar-refractivity contribution in [2.45, 2.75) is 13.0 Å². The topological polar surface area (TPSA) is 58.4 Å². The van der Waals surface area contributed by atoms with Crippen LogP contribution in [0.15, 0.2) is 12.1 Å². The molecule has 1 heterocycles. The van der Waals surface area contributed by atoms with Crippen molar-refractivity contribution in [3.63, 3.8) is 0 Å². The lowest BCUT2D eigenvalue weighted by Gasteiger charge is -2.22. The Balaban J connectivity index is 2.42. The molecule has 17 heavy (non-hydrogen) atoms. The molecule has 0 aromatic heterocycles. The first-order valence-electron chi connectivity index (χ1n) is 5.56. The van der Waals surface area contributed by atoms with Crippen molar-refractivity contribution >= 4 is 11.6 Å². The van der Waals surface area contributed by atoms with Crippen LogP contribution in [0.1, 0.15) is 17.2 Å². The first-order valence-corrected chi connectivity index (χ1v) is 5.56. The summed E-state index contributed by atoms with van der Waals surface area (Å²) in [6.45, 7) is 2.86. The van der Waals surface area contributed by atoms with Gasteiger partial charge >= 0.3 is 0 Å². The number of anilines is 1. The molecule has 92 valence electrons. The summed E-state index contributed by atoms with van der Waals surface area (Å²) in [6, 6.07) is 2.82. The van der Waals surface area contributed by atoms with Crippen LogP contribution < -0.4 is 11.1 Å². The molecule has 1 aliphatic rings. The van der Waals surface area contributed by atoms with Crippen molar-refractivity contribution in [3.05, 3.63) is 29.1 Å². The minimum Gasteiger partial charge on any atom is -0.329 e. The number of nitrogens with two attached hydrogens (primary N) is 1. The molecule has 1 aliphatic heterocycles. The van der Waals surface area contributed by atoms with Crippen LogP contribution in [0.2, 0.25) is 0 Å². The molecular weight excluding hydrogens is 221 g/mol. The number of fused-ring (bicyclic) bond motifs is 1. The quantitative estimate of drug-likeness (QED) is 0.825. The van der Waals surface area contributed by atoms with E-state index in [0.717, 1.165) is 5.56 Å². The van der Waals surface area contributed by atoms with Gasteiger partial charge in [0.2, 0.25) is 5.91 Å². The Morgan fingerprint density at radius 2 is 2.24 bits per heavy atom. The molecule has 2 rings (SSSR count). The Morgan fingerprint density at radius 3 is 2.88 bits per heavy atom. The van der Waals surface area contributed by atoms with E-state index in [4.69, 9.17) is 5.73 Å². The highest BCUT2D eigenvalue weighted by Crippen LogP contribution is 2.36. The molecule has 0 saturated heterocycles. The van der Waals surface area contributed by atoms with E-state index in [1.54, 1.807) is 0 Å². The molecule has 0 bridgehead atoms. The number of carbonyl (C=O) groups is 1. The maximum absolute atomic E-state index is 13.7. The van der Waals surface area contributed by atoms with Crippen LogP contribution in [0.25, 0.3) is 0 Å². The lowest BCUT2D eigenvalue weighted by molar-refractivity contribution is -0.120. The third-order valence-electron chi connectivity index (χ3n) is 2.98. The fraction of sp³-hybridized carbons (Fsp3) is 0.417. The van der Waals surface area contributed by atoms with Gasteiger partial charge in [0.25, 0.3) is 0 Å². The van der Waals surface area contributed by atoms with Crippen LogP contribution in [-0.4, -0.2) is 30.9 Å². The number of benzene rings is 1. The second-order valence-electron chi connectivity index (χ2n) is 4.37. The summed E-state index contributed by atoms with van der Waals surface area (Å²) in [6.07, 6.45) is 0. The molecule has 1 atom stereocenters. The van der Waals surface area contributed by atoms with Crippen molar-refractivity contribution in [1.29, 1.82) is 0 Å². The predicted octanol–water partition coefficient (Wildman–Crippen LogP) is 1.02. The number of rotatable bonds is 3. The highest BCUT2D eigenvalue weighted by atomic mass is 19.1. The smallest absolute Gasteiger partial charge is 0.246 e. The lowest BCUT2D eigenvalue weighted by atomic mass is 10.0. The fourth-order valence-corrected chi connectivity index (χ4v) is 2.22. The van der Waals surface area contributed by atoms with E-state index < -0.39 is 6.04 Å². The van der Waals surface area contributed by atoms with Crippen molar-refractivity contribution in [3.8, 4) is 0 Å². The number of nitrogens with one attached hydrogen (secondary N) is 1. The van der Waals surface area contributed by atoms with E-state index in [0.29, 0.717) is 24.3 Å². The lowest BCUT2D eigenvalue weighted by Crippen LogP contribution is -2.33. The Labute approximate surface area is 99.6 Å². The molecule has 4 nitrogen and oxygen atoms in total. The second kappa shape index (κ2) is 4.43. The SMILES string of the molecule is Cc1cc(F)c2c(c1)C(N(C)CCN)C(=O)N2. The summed E-state index contributed by atoms with van der Waals surface area (Å²) in [5.74, 6) is -0.572. The first kappa shape index (κ1) is 12.0. The minimum absolute atomic E-state index is 0.194. The fourth-order valence-electron chi connectivity index (χ4n) is 2.22. The summed E-state index contributed by atoms with van der Waals surface area (Å²) in [7, 11) is 1.81. The average molecular weight is 237 g/mol. The number of nitrogens with zero attached hydrogens (tertiary/aromatic N) is 1. The number of hydrogen-bond acceptors (Lipinski definition) is 3. The van der Waals surface area contributed by atoms with Crippen LogP contribution in [0, 0.1) is 12.7 Å². The Bertz CT molecular complexity index is 461. The van der Waals surface area contributed by atoms with Gasteiger partial charge in [-0.25, -0.2) is 4.39 Å². The van der Waals surface area contributed by atoms with Gasteiger partial charge in [-0.1, -0.05) is 6.07 Å². The molecule has 5 heteroatoms. The largest absolute Gasteiger partial charge is 0.329 e. The first-order chi connectivity index (χ1) is 8.04. The van der Waals surface area contributed by atoms with E-state index in [1.165, 1.54) is 6.07 Å². The van der Waals surface area contributed by atoms with E-state index in [2.05, 4.69) is 5.32 Å². The van der Waals surface area contributed by atoms with Crippen LogP contribution in [0.4, 0.5) is 10.1 Å². The van der Waals surface area contributed by atoms with Crippen molar-refractivity contribution in [2.75, 3.05) is 25.5 Å². The molecule has 0 saturated carbocycles. The van der Waals surface area contributed by atoms with Crippen LogP contribution >= 0.6 is 0 Å². The van der Waals surface area contributed by atoms with E-state index in [9.17, 15) is 9.18 Å². The maximum Gasteiger partial charge on any atom is 0.246 e. The molecule has 1 aromatic carbocycles. The Kier molecular flexibility index (Phi) is 3.13. The van der Waals surface area contributed by atoms with Crippen LogP contribution in [-0.2, 0) is 4.79 Å². The average Bonchev–Trinajstić information content (AvgIpc) is 2.55. The molecule has 1 unspecified atom stereocenters. The normalized spacial score (nSPS) is 18.4. The minimum atomic E-state index is -0.442. The molecule has 0 fully saturated rings. The van der Waals surface area contributed by atoms with E-state index in [1.807, 2.05) is 24.9 Å². The number of hydrogen-bond donors (Lipinski definition) is 2. The standard InChI is InChI=1S/C12H16FN3O/c1-7-5-8-10(9(13)6-7)15-12(17)11(8)16(2)4-3-14/h5-6,11H,3-4,14H2,1-2H3,(H,15,17). The van der Waals surface area contributed by atoms with E-state index in [-0.39, 0.29) is 11.7 Å². The Hall–Kier alpha value is -1.46. The van der Waals surface area contributed by atoms with Crippen molar-refractivity contribution in [1.82, 2.24) is 4.90 Å². The van der Waals surface area contributed by atoms with E-state index >= 15 is 0 Å². The molecule has 0 spiro atoms. The van der Waals surface area contributed by atoms with Gasteiger partial charge < -0.3 is 11.1 Å². The summed E-state index contributed by atoms with van der Waals surface area (Å²) < 4.78 is 13.7. The van der Waals surface area contributed by atoms with Gasteiger partial charge in [0, 0.05) is 18.7 Å². The number of likely N-dealkylation sites (N-methyl/N-ethyl adjacent to an activating group) is 1. The summed E-state index contributed by atoms with van der Waals surface area (Å²) in [5, 5.41) is 2.59. The van der Waals surface area contributed by atoms with Crippen LogP contribution in [0.5, 0.6) is 0 Å². The highest BCUT2D eigenvalue weighted by molar-refractivity contribution is 6.02. The highest BCUT2D eigenvalue weighted by Gasteiger charge is 2.35. The molecular formula is C12H16FN3O. The van der Waals surface area contributed by atoms with Gasteiger partial charge in [-0.15, -0.1) is 0 Å². The molecule has 0 radical (unpaired) electrons. The van der Waals surface area contributed by atoms with Crippen molar-refractivity contribution < 1.29 is 9.18 Å². The zero-order chi connectivity index (χ0) is 12.6. The van der Waals surface area contributed by atoms with Gasteiger partial charge in [-0.05, 0) is 25.6 Å². The molecule has 0 aliphatic carbocycles. The van der Waals surface area contributed by atoms with Crippen LogP contribution in [0.3, 0.4) is 0 Å². The maximum atomic E-state index is 13.7. The molecule has 3 N–H and O–H groups in total. The molecule has 1 aromatic rings. The van der Waals surface area contributed by atoms with Gasteiger partial charge in [0.05, 0.1) is 5.69 Å². The third kappa shape index (κ3) is 2.03. The van der Waals surface area contributed by atoms with Crippen molar-refractivity contribution in [2.24, 2.45) is 5.73 Å². The predicted molar refractivity (Wildman–Crippen MR) is 64.2 cm³/mol. The number of aryl methyl sites for hydroxylation is 1. The summed E-state index contributed by atoms with van der Waals surface area (Å²) >= 11 is 0. The number of carbonyl (C=O) groups excluding carboxylic acids is 1. The van der Waals surface area contributed by atoms with Gasteiger partial charge in [-0.3, -0.25) is 9.69 Å². The monoisotopic (exact) mass is 237 g/mol. The van der Waals surface area contributed by atoms with Gasteiger partial charge in [0.1, 0.15) is 11.9 Å². The zero-order valence-corrected chi connectivity index (χ0v) is 9.96. The summed E-state index contributed by atoms with van der Waals surface area (Å²) in [4.78, 5) is 13.7. The molecule has 1 amide bonds. The van der Waals surface area contributed by atoms with Gasteiger partial charge in [-0.2, -0.15) is 0 Å². The Morgan fingerprint density at radius 1 is 1.53 bits per heavy atom. The third-order valence-corrected chi connectivity index (χ3v) is 2.98. The second-order valence-corrected chi connectivity index (χ2v) is 4.37. The number of amides is 1. The summed E-state index contributed by atoms with van der Waals surface area (Å²) in [5.41, 5.74) is 7.28.